The highest BCUT2D eigenvalue weighted by Gasteiger charge is 2.17. The lowest BCUT2D eigenvalue weighted by molar-refractivity contribution is -0.128. The van der Waals surface area contributed by atoms with Crippen LogP contribution in [0.4, 0.5) is 0 Å². The number of carbonyl (C=O) groups excluding carboxylic acids is 1. The van der Waals surface area contributed by atoms with E-state index in [0.717, 1.165) is 0 Å². The van der Waals surface area contributed by atoms with E-state index in [-0.39, 0.29) is 22.4 Å². The van der Waals surface area contributed by atoms with Gasteiger partial charge >= 0.3 is 0 Å². The quantitative estimate of drug-likeness (QED) is 0.686. The molecule has 1 aromatic carbocycles. The van der Waals surface area contributed by atoms with E-state index in [1.165, 1.54) is 19.1 Å². The molecule has 6 nitrogen and oxygen atoms in total. The number of nitrogens with zero attached hydrogens (tertiary/aromatic N) is 1. The Morgan fingerprint density at radius 1 is 1.32 bits per heavy atom. The number of amides is 1. The molecule has 0 aromatic heterocycles. The smallest absolute Gasteiger partial charge is 0.242 e. The van der Waals surface area contributed by atoms with Gasteiger partial charge in [-0.1, -0.05) is 23.7 Å². The van der Waals surface area contributed by atoms with Gasteiger partial charge in [0.2, 0.25) is 15.9 Å². The Balaban J connectivity index is 2.57. The Hall–Kier alpha value is -1.15. The molecule has 0 saturated carbocycles. The number of nitrogens with one attached hydrogen (secondary N) is 1. The summed E-state index contributed by atoms with van der Waals surface area (Å²) in [6.45, 7) is 2.95. The van der Waals surface area contributed by atoms with Gasteiger partial charge < -0.3 is 9.64 Å². The summed E-state index contributed by atoms with van der Waals surface area (Å²) in [4.78, 5) is 13.1. The summed E-state index contributed by atoms with van der Waals surface area (Å²) in [6.07, 6.45) is 0.702. The third-order valence-corrected chi connectivity index (χ3v) is 4.98. The van der Waals surface area contributed by atoms with Gasteiger partial charge in [-0.05, 0) is 18.6 Å². The van der Waals surface area contributed by atoms with Crippen molar-refractivity contribution in [2.75, 3.05) is 33.4 Å². The average molecular weight is 349 g/mol. The Bertz CT molecular complexity index is 592. The maximum Gasteiger partial charge on any atom is 0.242 e. The molecule has 0 aliphatic heterocycles. The molecule has 0 fully saturated rings. The number of carbonyl (C=O) groups is 1. The predicted molar refractivity (Wildman–Crippen MR) is 85.4 cm³/mol. The zero-order chi connectivity index (χ0) is 16.6. The van der Waals surface area contributed by atoms with Gasteiger partial charge in [0.1, 0.15) is 4.90 Å². The zero-order valence-electron chi connectivity index (χ0n) is 12.7. The number of sulfonamides is 1. The van der Waals surface area contributed by atoms with Gasteiger partial charge in [0, 0.05) is 40.3 Å². The van der Waals surface area contributed by atoms with Crippen molar-refractivity contribution in [1.82, 2.24) is 9.62 Å². The average Bonchev–Trinajstić information content (AvgIpc) is 2.45. The van der Waals surface area contributed by atoms with Crippen molar-refractivity contribution < 1.29 is 17.9 Å². The van der Waals surface area contributed by atoms with E-state index in [9.17, 15) is 13.2 Å². The molecule has 0 radical (unpaired) electrons. The summed E-state index contributed by atoms with van der Waals surface area (Å²) in [5.41, 5.74) is 0. The van der Waals surface area contributed by atoms with Gasteiger partial charge in [0.05, 0.1) is 5.02 Å². The van der Waals surface area contributed by atoms with Crippen LogP contribution in [-0.2, 0) is 19.6 Å². The molecule has 1 amide bonds. The highest BCUT2D eigenvalue weighted by atomic mass is 35.5. The molecule has 0 atom stereocenters. The van der Waals surface area contributed by atoms with E-state index in [4.69, 9.17) is 16.3 Å². The normalized spacial score (nSPS) is 11.4. The molecule has 1 aromatic rings. The van der Waals surface area contributed by atoms with Crippen molar-refractivity contribution in [2.45, 2.75) is 18.2 Å². The van der Waals surface area contributed by atoms with Crippen LogP contribution in [0.3, 0.4) is 0 Å². The van der Waals surface area contributed by atoms with Gasteiger partial charge in [-0.25, -0.2) is 13.1 Å². The van der Waals surface area contributed by atoms with Crippen LogP contribution in [0.2, 0.25) is 5.02 Å². The third kappa shape index (κ3) is 5.92. The molecule has 0 bridgehead atoms. The Labute approximate surface area is 136 Å². The van der Waals surface area contributed by atoms with Gasteiger partial charge in [-0.3, -0.25) is 4.79 Å². The highest BCUT2D eigenvalue weighted by molar-refractivity contribution is 7.89. The van der Waals surface area contributed by atoms with Crippen molar-refractivity contribution in [3.63, 3.8) is 0 Å². The maximum absolute atomic E-state index is 12.1. The first kappa shape index (κ1) is 18.9. The second-order valence-electron chi connectivity index (χ2n) is 4.68. The van der Waals surface area contributed by atoms with Crippen LogP contribution < -0.4 is 4.72 Å². The fourth-order valence-electron chi connectivity index (χ4n) is 1.88. The number of hydrogen-bond acceptors (Lipinski definition) is 4. The van der Waals surface area contributed by atoms with Crippen molar-refractivity contribution >= 4 is 27.5 Å². The van der Waals surface area contributed by atoms with Crippen LogP contribution in [0.15, 0.2) is 29.2 Å². The minimum Gasteiger partial charge on any atom is -0.385 e. The number of ether oxygens (including phenoxy) is 1. The summed E-state index contributed by atoms with van der Waals surface area (Å²) in [7, 11) is -2.09. The van der Waals surface area contributed by atoms with Gasteiger partial charge in [-0.15, -0.1) is 0 Å². The molecule has 0 aliphatic carbocycles. The maximum atomic E-state index is 12.1. The van der Waals surface area contributed by atoms with Crippen LogP contribution in [0.1, 0.15) is 13.3 Å². The first-order valence-corrected chi connectivity index (χ1v) is 8.73. The highest BCUT2D eigenvalue weighted by Crippen LogP contribution is 2.19. The second kappa shape index (κ2) is 9.09. The number of rotatable bonds is 9. The third-order valence-electron chi connectivity index (χ3n) is 3.02. The van der Waals surface area contributed by atoms with Crippen LogP contribution in [0.5, 0.6) is 0 Å². The zero-order valence-corrected chi connectivity index (χ0v) is 14.3. The van der Waals surface area contributed by atoms with Crippen LogP contribution in [0, 0.1) is 0 Å². The molecule has 1 N–H and O–H groups in total. The second-order valence-corrected chi connectivity index (χ2v) is 6.82. The SMILES string of the molecule is COCCCN(CCNS(=O)(=O)c1ccccc1Cl)C(C)=O. The van der Waals surface area contributed by atoms with E-state index in [1.807, 2.05) is 0 Å². The van der Waals surface area contributed by atoms with Crippen LogP contribution >= 0.6 is 11.6 Å². The molecule has 8 heteroatoms. The number of benzene rings is 1. The van der Waals surface area contributed by atoms with Gasteiger partial charge in [0.25, 0.3) is 0 Å². The summed E-state index contributed by atoms with van der Waals surface area (Å²) in [5.74, 6) is -0.104. The van der Waals surface area contributed by atoms with Crippen LogP contribution in [-0.4, -0.2) is 52.6 Å². The molecule has 0 unspecified atom stereocenters. The fourth-order valence-corrected chi connectivity index (χ4v) is 3.42. The lowest BCUT2D eigenvalue weighted by Crippen LogP contribution is -2.38. The molecule has 124 valence electrons. The summed E-state index contributed by atoms with van der Waals surface area (Å²) in [6, 6.07) is 6.22. The first-order valence-electron chi connectivity index (χ1n) is 6.87. The minimum atomic E-state index is -3.68. The van der Waals surface area contributed by atoms with Crippen molar-refractivity contribution in [3.8, 4) is 0 Å². The number of methoxy groups -OCH3 is 1. The Morgan fingerprint density at radius 3 is 2.59 bits per heavy atom. The summed E-state index contributed by atoms with van der Waals surface area (Å²) in [5, 5.41) is 0.165. The lowest BCUT2D eigenvalue weighted by atomic mass is 10.4. The number of halogens is 1. The molecule has 0 aliphatic rings. The van der Waals surface area contributed by atoms with E-state index in [1.54, 1.807) is 24.1 Å². The predicted octanol–water partition coefficient (Wildman–Crippen LogP) is 1.50. The van der Waals surface area contributed by atoms with Gasteiger partial charge in [-0.2, -0.15) is 0 Å². The van der Waals surface area contributed by atoms with E-state index in [0.29, 0.717) is 26.1 Å². The monoisotopic (exact) mass is 348 g/mol. The Morgan fingerprint density at radius 2 is 2.00 bits per heavy atom. The molecule has 0 heterocycles. The summed E-state index contributed by atoms with van der Waals surface area (Å²) < 4.78 is 31.7. The van der Waals surface area contributed by atoms with Crippen molar-refractivity contribution in [3.05, 3.63) is 29.3 Å². The Kier molecular flexibility index (Phi) is 7.81. The molecule has 22 heavy (non-hydrogen) atoms. The van der Waals surface area contributed by atoms with E-state index < -0.39 is 10.0 Å². The van der Waals surface area contributed by atoms with Crippen molar-refractivity contribution in [2.24, 2.45) is 0 Å². The van der Waals surface area contributed by atoms with E-state index >= 15 is 0 Å². The van der Waals surface area contributed by atoms with Crippen molar-refractivity contribution in [1.29, 1.82) is 0 Å². The fraction of sp³-hybridized carbons (Fsp3) is 0.500. The lowest BCUT2D eigenvalue weighted by Gasteiger charge is -2.21. The summed E-state index contributed by atoms with van der Waals surface area (Å²) >= 11 is 5.89. The number of hydrogen-bond donors (Lipinski definition) is 1. The first-order chi connectivity index (χ1) is 10.4. The molecule has 1 rings (SSSR count). The van der Waals surface area contributed by atoms with Crippen LogP contribution in [0.25, 0.3) is 0 Å². The molecule has 0 saturated heterocycles. The molecule has 0 spiro atoms. The molecular formula is C14H21ClN2O4S. The molecular weight excluding hydrogens is 328 g/mol. The van der Waals surface area contributed by atoms with E-state index in [2.05, 4.69) is 4.72 Å². The topological polar surface area (TPSA) is 75.7 Å². The minimum absolute atomic E-state index is 0.0328. The largest absolute Gasteiger partial charge is 0.385 e. The van der Waals surface area contributed by atoms with Gasteiger partial charge in [0.15, 0.2) is 0 Å². The standard InChI is InChI=1S/C14H21ClN2O4S/c1-12(18)17(9-5-11-21-2)10-8-16-22(19,20)14-7-4-3-6-13(14)15/h3-4,6-7,16H,5,8-11H2,1-2H3.